The number of rotatable bonds is 14. The first-order chi connectivity index (χ1) is 33.5. The minimum atomic E-state index is -0.228. The molecule has 0 unspecified atom stereocenters. The van der Waals surface area contributed by atoms with Crippen LogP contribution in [-0.4, -0.2) is 83.9 Å². The molecule has 0 fully saturated rings. The summed E-state index contributed by atoms with van der Waals surface area (Å²) >= 11 is 0. The fraction of sp³-hybridized carbons (Fsp3) is 0.241. The summed E-state index contributed by atoms with van der Waals surface area (Å²) in [5, 5.41) is 15.1. The number of carbonyl (C=O) groups is 5. The molecular formula is C54H58N6O9. The van der Waals surface area contributed by atoms with Crippen LogP contribution in [0.2, 0.25) is 0 Å². The number of likely N-dealkylation sites (N-methyl/N-ethyl adjacent to an activating group) is 1. The molecule has 0 atom stereocenters. The molecule has 0 bridgehead atoms. The Hall–Kier alpha value is -8.01. The summed E-state index contributed by atoms with van der Waals surface area (Å²) in [6.07, 6.45) is 1.87. The number of hydrogen-bond donors (Lipinski definition) is 5. The molecular weight excluding hydrogens is 877 g/mol. The molecule has 2 aliphatic heterocycles. The molecule has 4 amide bonds. The lowest BCUT2D eigenvalue weighted by Crippen LogP contribution is -2.27. The van der Waals surface area contributed by atoms with E-state index in [9.17, 15) is 19.2 Å². The smallest absolute Gasteiger partial charge is 0.255 e. The number of nitrogens with zero attached hydrogens (tertiary/aromatic N) is 1. The van der Waals surface area contributed by atoms with Gasteiger partial charge in [-0.3, -0.25) is 19.2 Å². The van der Waals surface area contributed by atoms with Gasteiger partial charge in [0.25, 0.3) is 23.6 Å². The Balaban J connectivity index is 0.000000219. The van der Waals surface area contributed by atoms with Crippen LogP contribution in [0.15, 0.2) is 121 Å². The van der Waals surface area contributed by atoms with Crippen molar-refractivity contribution >= 4 is 41.8 Å². The fourth-order valence-corrected chi connectivity index (χ4v) is 7.90. The topological polar surface area (TPSA) is 186 Å². The monoisotopic (exact) mass is 934 g/mol. The summed E-state index contributed by atoms with van der Waals surface area (Å²) in [5.74, 6) is 1.37. The number of hydrogen-bond acceptors (Lipinski definition) is 11. The number of anilines is 2. The fourth-order valence-electron chi connectivity index (χ4n) is 7.90. The average molecular weight is 935 g/mol. The summed E-state index contributed by atoms with van der Waals surface area (Å²) in [6.45, 7) is 6.32. The van der Waals surface area contributed by atoms with Crippen molar-refractivity contribution in [1.82, 2.24) is 20.9 Å². The lowest BCUT2D eigenvalue weighted by molar-refractivity contribution is -0.0980. The van der Waals surface area contributed by atoms with Crippen LogP contribution in [0.1, 0.15) is 74.8 Å². The quantitative estimate of drug-likeness (QED) is 0.0743. The van der Waals surface area contributed by atoms with Crippen molar-refractivity contribution in [3.63, 3.8) is 0 Å². The molecule has 0 aromatic heterocycles. The Morgan fingerprint density at radius 2 is 0.971 bits per heavy atom. The first-order valence-electron chi connectivity index (χ1n) is 22.3. The molecule has 2 heterocycles. The second-order valence-electron chi connectivity index (χ2n) is 16.2. The first kappa shape index (κ1) is 50.4. The molecule has 0 spiro atoms. The maximum Gasteiger partial charge on any atom is 0.255 e. The number of carbonyl (C=O) groups excluding carboxylic acids is 5. The van der Waals surface area contributed by atoms with Gasteiger partial charge in [0.1, 0.15) is 6.79 Å². The Morgan fingerprint density at radius 3 is 1.46 bits per heavy atom. The van der Waals surface area contributed by atoms with Crippen LogP contribution in [-0.2, 0) is 43.8 Å². The zero-order valence-electron chi connectivity index (χ0n) is 39.5. The second kappa shape index (κ2) is 24.7. The van der Waals surface area contributed by atoms with E-state index in [0.29, 0.717) is 69.7 Å². The van der Waals surface area contributed by atoms with Gasteiger partial charge in [-0.05, 0) is 145 Å². The largest absolute Gasteiger partial charge is 0.493 e. The zero-order valence-corrected chi connectivity index (χ0v) is 39.5. The van der Waals surface area contributed by atoms with Gasteiger partial charge in [-0.25, -0.2) is 0 Å². The van der Waals surface area contributed by atoms with Gasteiger partial charge in [0.15, 0.2) is 23.0 Å². The average Bonchev–Trinajstić information content (AvgIpc) is 3.39. The minimum Gasteiger partial charge on any atom is -0.493 e. The van der Waals surface area contributed by atoms with Crippen molar-refractivity contribution in [2.24, 2.45) is 0 Å². The highest BCUT2D eigenvalue weighted by Gasteiger charge is 2.18. The third kappa shape index (κ3) is 13.6. The highest BCUT2D eigenvalue weighted by atomic mass is 16.5. The summed E-state index contributed by atoms with van der Waals surface area (Å²) in [7, 11) is 8.26. The van der Waals surface area contributed by atoms with Crippen molar-refractivity contribution in [3.8, 4) is 23.0 Å². The molecule has 15 heteroatoms. The van der Waals surface area contributed by atoms with Gasteiger partial charge in [-0.2, -0.15) is 0 Å². The van der Waals surface area contributed by atoms with E-state index in [0.717, 1.165) is 50.1 Å². The van der Waals surface area contributed by atoms with Crippen LogP contribution in [0, 0.1) is 0 Å². The van der Waals surface area contributed by atoms with Crippen LogP contribution < -0.4 is 45.5 Å². The normalized spacial score (nSPS) is 12.4. The maximum atomic E-state index is 12.8. The van der Waals surface area contributed by atoms with Gasteiger partial charge in [0.05, 0.1) is 28.4 Å². The number of nitrogens with one attached hydrogen (secondary N) is 5. The van der Waals surface area contributed by atoms with E-state index in [2.05, 4.69) is 38.5 Å². The number of amides is 4. The summed E-state index contributed by atoms with van der Waals surface area (Å²) < 4.78 is 21.0. The van der Waals surface area contributed by atoms with E-state index in [4.69, 9.17) is 23.7 Å². The van der Waals surface area contributed by atoms with Crippen LogP contribution >= 0.6 is 0 Å². The van der Waals surface area contributed by atoms with E-state index in [-0.39, 0.29) is 23.6 Å². The lowest BCUT2D eigenvalue weighted by Gasteiger charge is -2.25. The number of benzene rings is 6. The van der Waals surface area contributed by atoms with Crippen LogP contribution in [0.4, 0.5) is 11.4 Å². The third-order valence-corrected chi connectivity index (χ3v) is 11.6. The summed E-state index contributed by atoms with van der Waals surface area (Å²) in [6, 6.07) is 36.7. The van der Waals surface area contributed by atoms with Crippen LogP contribution in [0.25, 0.3) is 0 Å². The van der Waals surface area contributed by atoms with Gasteiger partial charge in [0, 0.05) is 66.4 Å². The van der Waals surface area contributed by atoms with Crippen molar-refractivity contribution in [3.05, 3.63) is 177 Å². The van der Waals surface area contributed by atoms with Crippen molar-refractivity contribution in [2.75, 3.05) is 59.2 Å². The molecule has 358 valence electrons. The molecule has 8 rings (SSSR count). The predicted molar refractivity (Wildman–Crippen MR) is 266 cm³/mol. The molecule has 69 heavy (non-hydrogen) atoms. The van der Waals surface area contributed by atoms with E-state index in [1.165, 1.54) is 36.5 Å². The zero-order chi connectivity index (χ0) is 49.3. The number of ether oxygens (including phenoxy) is 4. The Bertz CT molecular complexity index is 2780. The van der Waals surface area contributed by atoms with Crippen LogP contribution in [0.5, 0.6) is 23.0 Å². The summed E-state index contributed by atoms with van der Waals surface area (Å²) in [4.78, 5) is 61.0. The molecule has 2 aliphatic rings. The van der Waals surface area contributed by atoms with E-state index >= 15 is 0 Å². The second-order valence-corrected chi connectivity index (χ2v) is 16.2. The minimum absolute atomic E-state index is 0.145. The highest BCUT2D eigenvalue weighted by Crippen LogP contribution is 2.29. The molecule has 6 aromatic carbocycles. The lowest BCUT2D eigenvalue weighted by atomic mass is 9.97. The standard InChI is InChI=1S/C27H29N3O4.C26H27N3O4.CH2O/c1-30-12-11-19-14-20(7-8-22(19)17-30)27(32)29-23-6-4-5-18(13-23)16-28-26(31)21-9-10-24(33-2)25(15-21)34-3;1-32-23-9-8-20(14-24(23)33-2)25(30)28-15-17-4-3-5-22(12-17)29-26(31)19-6-7-21-16-27-11-10-18(21)13-19;1-2/h4-10,13-15H,11-12,16-17H2,1-3H3,(H,28,31)(H,29,32);3-9,12-14,27H,10-11,15-16H2,1-2H3,(H,28,30)(H,29,31);1H2. The van der Waals surface area contributed by atoms with Crippen molar-refractivity contribution in [1.29, 1.82) is 0 Å². The molecule has 6 aromatic rings. The van der Waals surface area contributed by atoms with Gasteiger partial charge >= 0.3 is 0 Å². The van der Waals surface area contributed by atoms with Gasteiger partial charge < -0.3 is 55.2 Å². The van der Waals surface area contributed by atoms with Gasteiger partial charge in [0.2, 0.25) is 0 Å². The maximum absolute atomic E-state index is 12.8. The number of fused-ring (bicyclic) bond motifs is 2. The van der Waals surface area contributed by atoms with Gasteiger partial charge in [-0.15, -0.1) is 0 Å². The molecule has 15 nitrogen and oxygen atoms in total. The highest BCUT2D eigenvalue weighted by molar-refractivity contribution is 6.05. The van der Waals surface area contributed by atoms with E-state index < -0.39 is 0 Å². The van der Waals surface area contributed by atoms with Gasteiger partial charge in [-0.1, -0.05) is 36.4 Å². The van der Waals surface area contributed by atoms with Crippen molar-refractivity contribution < 1.29 is 42.9 Å². The predicted octanol–water partition coefficient (Wildman–Crippen LogP) is 7.22. The Labute approximate surface area is 402 Å². The SMILES string of the molecule is C=O.COc1ccc(C(=O)NCc2cccc(NC(=O)c3ccc4c(c3)CCN(C)C4)c2)cc1OC.COc1ccc(C(=O)NCc2cccc(NC(=O)c3ccc4c(c3)CCNC4)c2)cc1OC. The molecule has 0 radical (unpaired) electrons. The molecule has 0 saturated carbocycles. The van der Waals surface area contributed by atoms with E-state index in [1.54, 1.807) is 50.6 Å². The Kier molecular flexibility index (Phi) is 18.0. The molecule has 5 N–H and O–H groups in total. The van der Waals surface area contributed by atoms with E-state index in [1.807, 2.05) is 91.7 Å². The molecule has 0 aliphatic carbocycles. The first-order valence-corrected chi connectivity index (χ1v) is 22.3. The third-order valence-electron chi connectivity index (χ3n) is 11.6. The Morgan fingerprint density at radius 1 is 0.522 bits per heavy atom. The van der Waals surface area contributed by atoms with Crippen molar-refractivity contribution in [2.45, 2.75) is 39.0 Å². The molecule has 0 saturated heterocycles. The number of methoxy groups -OCH3 is 4. The van der Waals surface area contributed by atoms with Crippen LogP contribution in [0.3, 0.4) is 0 Å². The summed E-state index contributed by atoms with van der Waals surface area (Å²) in [5.41, 5.74) is 10.3.